The highest BCUT2D eigenvalue weighted by Gasteiger charge is 2.23. The van der Waals surface area contributed by atoms with E-state index in [2.05, 4.69) is 65.2 Å². The minimum absolute atomic E-state index is 0.228. The van der Waals surface area contributed by atoms with Gasteiger partial charge < -0.3 is 9.47 Å². The fourth-order valence-electron chi connectivity index (χ4n) is 3.59. The molecule has 0 spiro atoms. The number of ether oxygens (including phenoxy) is 2. The third kappa shape index (κ3) is 12.1. The maximum absolute atomic E-state index is 11.4. The van der Waals surface area contributed by atoms with Gasteiger partial charge in [0.25, 0.3) is 0 Å². The van der Waals surface area contributed by atoms with E-state index >= 15 is 0 Å². The molecule has 0 aromatic carbocycles. The fourth-order valence-corrected chi connectivity index (χ4v) is 3.59. The van der Waals surface area contributed by atoms with Crippen molar-refractivity contribution in [2.75, 3.05) is 13.2 Å². The van der Waals surface area contributed by atoms with Gasteiger partial charge in [0.05, 0.1) is 13.2 Å². The van der Waals surface area contributed by atoms with Gasteiger partial charge in [-0.2, -0.15) is 19.4 Å². The Labute approximate surface area is 171 Å². The summed E-state index contributed by atoms with van der Waals surface area (Å²) in [7, 11) is 0. The van der Waals surface area contributed by atoms with Crippen molar-refractivity contribution in [1.82, 2.24) is 0 Å². The molecule has 0 bridgehead atoms. The average Bonchev–Trinajstić information content (AvgIpc) is 2.57. The van der Waals surface area contributed by atoms with Crippen LogP contribution in [0.3, 0.4) is 0 Å². The van der Waals surface area contributed by atoms with Crippen LogP contribution in [0.15, 0.2) is 0 Å². The molecule has 0 heterocycles. The number of carbonyl (C=O) groups excluding carboxylic acids is 2. The lowest BCUT2D eigenvalue weighted by Gasteiger charge is -2.29. The molecule has 166 valence electrons. The van der Waals surface area contributed by atoms with Gasteiger partial charge in [-0.05, 0) is 48.3 Å². The maximum Gasteiger partial charge on any atom is 0.549 e. The summed E-state index contributed by atoms with van der Waals surface area (Å²) in [6.45, 7) is 18.0. The number of hydrogen-bond acceptors (Lipinski definition) is 6. The van der Waals surface area contributed by atoms with Crippen molar-refractivity contribution in [3.05, 3.63) is 0 Å². The van der Waals surface area contributed by atoms with Crippen LogP contribution in [0, 0.1) is 22.7 Å². The monoisotopic (exact) mass is 402 g/mol. The van der Waals surface area contributed by atoms with E-state index in [-0.39, 0.29) is 24.0 Å². The Balaban J connectivity index is 3.85. The minimum atomic E-state index is -1.03. The molecule has 0 fully saturated rings. The van der Waals surface area contributed by atoms with E-state index < -0.39 is 12.3 Å². The third-order valence-corrected chi connectivity index (χ3v) is 5.45. The summed E-state index contributed by atoms with van der Waals surface area (Å²) in [5, 5.41) is 0. The van der Waals surface area contributed by atoms with E-state index in [0.717, 1.165) is 38.5 Å². The summed E-state index contributed by atoms with van der Waals surface area (Å²) in [5.41, 5.74) is 0.457. The molecular formula is C22H42O6. The van der Waals surface area contributed by atoms with Crippen LogP contribution in [-0.2, 0) is 19.2 Å². The fraction of sp³-hybridized carbons (Fsp3) is 0.909. The molecule has 0 aliphatic rings. The maximum atomic E-state index is 11.4. The largest absolute Gasteiger partial charge is 0.549 e. The molecule has 6 heteroatoms. The Kier molecular flexibility index (Phi) is 12.2. The first-order valence-corrected chi connectivity index (χ1v) is 10.6. The molecule has 0 amide bonds. The van der Waals surface area contributed by atoms with Gasteiger partial charge in [-0.25, -0.2) is 0 Å². The summed E-state index contributed by atoms with van der Waals surface area (Å²) in [6.07, 6.45) is 3.50. The zero-order valence-corrected chi connectivity index (χ0v) is 19.3. The topological polar surface area (TPSA) is 71.1 Å². The van der Waals surface area contributed by atoms with Gasteiger partial charge >= 0.3 is 12.3 Å². The summed E-state index contributed by atoms with van der Waals surface area (Å²) in [4.78, 5) is 31.5. The predicted molar refractivity (Wildman–Crippen MR) is 110 cm³/mol. The van der Waals surface area contributed by atoms with Crippen LogP contribution >= 0.6 is 0 Å². The Morgan fingerprint density at radius 1 is 0.679 bits per heavy atom. The lowest BCUT2D eigenvalue weighted by atomic mass is 9.77. The molecule has 0 saturated heterocycles. The van der Waals surface area contributed by atoms with Gasteiger partial charge in [0.15, 0.2) is 0 Å². The zero-order valence-electron chi connectivity index (χ0n) is 19.3. The molecule has 0 N–H and O–H groups in total. The highest BCUT2D eigenvalue weighted by atomic mass is 17.3. The standard InChI is InChI=1S/C22H42O6/c1-9-17(21(3,4)5)13-11-15-25-19(23)27-28-20(24)26-16-12-14-18(10-2)22(6,7)8/h17-18H,9-16H2,1-8H3. The molecule has 0 aliphatic heterocycles. The van der Waals surface area contributed by atoms with Crippen molar-refractivity contribution >= 4 is 12.3 Å². The van der Waals surface area contributed by atoms with Gasteiger partial charge in [-0.15, -0.1) is 0 Å². The SMILES string of the molecule is CCC(CCCOC(=O)OOC(=O)OCCCC(CC)C(C)(C)C)C(C)(C)C. The second-order valence-corrected chi connectivity index (χ2v) is 9.59. The quantitative estimate of drug-likeness (QED) is 0.171. The first kappa shape index (κ1) is 26.5. The Morgan fingerprint density at radius 2 is 1.00 bits per heavy atom. The summed E-state index contributed by atoms with van der Waals surface area (Å²) in [6, 6.07) is 0. The van der Waals surface area contributed by atoms with E-state index in [0.29, 0.717) is 11.8 Å². The second-order valence-electron chi connectivity index (χ2n) is 9.59. The van der Waals surface area contributed by atoms with E-state index in [1.807, 2.05) is 0 Å². The Hall–Kier alpha value is -1.46. The first-order chi connectivity index (χ1) is 12.9. The number of carbonyl (C=O) groups is 2. The van der Waals surface area contributed by atoms with Crippen LogP contribution < -0.4 is 0 Å². The van der Waals surface area contributed by atoms with Crippen molar-refractivity contribution in [2.45, 2.75) is 93.9 Å². The molecule has 0 rings (SSSR count). The van der Waals surface area contributed by atoms with Gasteiger partial charge in [0.2, 0.25) is 0 Å². The molecule has 0 aliphatic carbocycles. The molecule has 6 nitrogen and oxygen atoms in total. The predicted octanol–water partition coefficient (Wildman–Crippen LogP) is 6.91. The van der Waals surface area contributed by atoms with Crippen molar-refractivity contribution in [3.63, 3.8) is 0 Å². The van der Waals surface area contributed by atoms with Crippen molar-refractivity contribution in [1.29, 1.82) is 0 Å². The summed E-state index contributed by atoms with van der Waals surface area (Å²) >= 11 is 0. The van der Waals surface area contributed by atoms with Gasteiger partial charge in [0.1, 0.15) is 0 Å². The first-order valence-electron chi connectivity index (χ1n) is 10.6. The lowest BCUT2D eigenvalue weighted by Crippen LogP contribution is -2.21. The minimum Gasteiger partial charge on any atom is -0.432 e. The highest BCUT2D eigenvalue weighted by molar-refractivity contribution is 5.63. The highest BCUT2D eigenvalue weighted by Crippen LogP contribution is 2.32. The van der Waals surface area contributed by atoms with E-state index in [4.69, 9.17) is 9.47 Å². The van der Waals surface area contributed by atoms with E-state index in [9.17, 15) is 9.59 Å². The molecule has 0 aromatic heterocycles. The van der Waals surface area contributed by atoms with Crippen LogP contribution in [0.5, 0.6) is 0 Å². The van der Waals surface area contributed by atoms with Gasteiger partial charge in [0, 0.05) is 0 Å². The van der Waals surface area contributed by atoms with Crippen molar-refractivity contribution < 1.29 is 28.8 Å². The zero-order chi connectivity index (χ0) is 21.8. The molecule has 2 atom stereocenters. The van der Waals surface area contributed by atoms with E-state index in [1.54, 1.807) is 0 Å². The van der Waals surface area contributed by atoms with Crippen molar-refractivity contribution in [3.8, 4) is 0 Å². The average molecular weight is 403 g/mol. The van der Waals surface area contributed by atoms with E-state index in [1.165, 1.54) is 0 Å². The molecule has 2 unspecified atom stereocenters. The molecule has 0 radical (unpaired) electrons. The number of rotatable bonds is 10. The Bertz CT molecular complexity index is 405. The normalized spacial score (nSPS) is 14.1. The number of hydrogen-bond donors (Lipinski definition) is 0. The van der Waals surface area contributed by atoms with Gasteiger partial charge in [-0.3, -0.25) is 0 Å². The summed E-state index contributed by atoms with van der Waals surface area (Å²) in [5.74, 6) is 1.12. The van der Waals surface area contributed by atoms with Crippen LogP contribution in [0.25, 0.3) is 0 Å². The lowest BCUT2D eigenvalue weighted by molar-refractivity contribution is -0.218. The van der Waals surface area contributed by atoms with Crippen LogP contribution in [0.4, 0.5) is 9.59 Å². The second kappa shape index (κ2) is 12.9. The third-order valence-electron chi connectivity index (χ3n) is 5.45. The molecular weight excluding hydrogens is 360 g/mol. The smallest absolute Gasteiger partial charge is 0.432 e. The molecule has 0 saturated carbocycles. The molecule has 28 heavy (non-hydrogen) atoms. The van der Waals surface area contributed by atoms with Crippen LogP contribution in [0.2, 0.25) is 0 Å². The summed E-state index contributed by atoms with van der Waals surface area (Å²) < 4.78 is 9.83. The van der Waals surface area contributed by atoms with Crippen molar-refractivity contribution in [2.24, 2.45) is 22.7 Å². The van der Waals surface area contributed by atoms with Gasteiger partial charge in [-0.1, -0.05) is 68.2 Å². The van der Waals surface area contributed by atoms with Crippen LogP contribution in [0.1, 0.15) is 93.9 Å². The molecule has 0 aromatic rings. The van der Waals surface area contributed by atoms with Crippen LogP contribution in [-0.4, -0.2) is 25.5 Å². The Morgan fingerprint density at radius 3 is 1.25 bits per heavy atom.